The molecule has 0 atom stereocenters. The average Bonchev–Trinajstić information content (AvgIpc) is 1.88. The Labute approximate surface area is 66.7 Å². The van der Waals surface area contributed by atoms with Crippen LogP contribution in [0.4, 0.5) is 8.78 Å². The molecule has 0 saturated carbocycles. The van der Waals surface area contributed by atoms with Gasteiger partial charge in [0.1, 0.15) is 0 Å². The van der Waals surface area contributed by atoms with Gasteiger partial charge in [-0.25, -0.2) is 8.78 Å². The molecule has 0 aliphatic heterocycles. The van der Waals surface area contributed by atoms with Crippen molar-refractivity contribution in [2.24, 2.45) is 0 Å². The van der Waals surface area contributed by atoms with Gasteiger partial charge in [0.2, 0.25) is 0 Å². The van der Waals surface area contributed by atoms with Gasteiger partial charge in [0.15, 0.2) is 0 Å². The summed E-state index contributed by atoms with van der Waals surface area (Å²) in [7, 11) is 0. The Morgan fingerprint density at radius 1 is 1.36 bits per heavy atom. The Kier molecular flexibility index (Phi) is 3.49. The van der Waals surface area contributed by atoms with Crippen LogP contribution in [0.15, 0.2) is 12.3 Å². The highest BCUT2D eigenvalue weighted by Gasteiger charge is 2.28. The van der Waals surface area contributed by atoms with E-state index in [1.807, 2.05) is 13.8 Å². The van der Waals surface area contributed by atoms with Crippen molar-refractivity contribution in [3.63, 3.8) is 0 Å². The van der Waals surface area contributed by atoms with Crippen LogP contribution in [0.2, 0.25) is 0 Å². The van der Waals surface area contributed by atoms with Gasteiger partial charge in [-0.05, 0) is 13.8 Å². The molecule has 0 amide bonds. The molecule has 0 spiro atoms. The van der Waals surface area contributed by atoms with E-state index in [0.29, 0.717) is 13.1 Å². The second-order valence-electron chi connectivity index (χ2n) is 2.51. The quantitative estimate of drug-likeness (QED) is 0.615. The first kappa shape index (κ1) is 10.4. The zero-order valence-corrected chi connectivity index (χ0v) is 7.32. The minimum Gasteiger partial charge on any atom is -0.371 e. The van der Waals surface area contributed by atoms with Crippen LogP contribution in [0.25, 0.3) is 0 Å². The van der Waals surface area contributed by atoms with Gasteiger partial charge < -0.3 is 4.90 Å². The fourth-order valence-electron chi connectivity index (χ4n) is 0.883. The summed E-state index contributed by atoms with van der Waals surface area (Å²) in [5.41, 5.74) is -0.0949. The lowest BCUT2D eigenvalue weighted by molar-refractivity contribution is 0.0324. The molecular formula is C8H15F2N. The Morgan fingerprint density at radius 3 is 1.82 bits per heavy atom. The predicted octanol–water partition coefficient (Wildman–Crippen LogP) is 2.50. The second kappa shape index (κ2) is 3.69. The predicted molar refractivity (Wildman–Crippen MR) is 42.7 cm³/mol. The van der Waals surface area contributed by atoms with E-state index in [1.54, 1.807) is 4.90 Å². The van der Waals surface area contributed by atoms with Crippen molar-refractivity contribution in [2.75, 3.05) is 13.1 Å². The molecule has 0 heterocycles. The van der Waals surface area contributed by atoms with Crippen LogP contribution in [0.1, 0.15) is 20.8 Å². The van der Waals surface area contributed by atoms with Crippen LogP contribution >= 0.6 is 0 Å². The number of allylic oxidation sites excluding steroid dienone is 1. The molecule has 3 heteroatoms. The van der Waals surface area contributed by atoms with E-state index in [1.165, 1.54) is 0 Å². The third-order valence-electron chi connectivity index (χ3n) is 1.65. The number of halogens is 2. The molecule has 1 nitrogen and oxygen atoms in total. The van der Waals surface area contributed by atoms with E-state index in [2.05, 4.69) is 6.58 Å². The lowest BCUT2D eigenvalue weighted by Gasteiger charge is -2.27. The molecule has 0 unspecified atom stereocenters. The molecule has 66 valence electrons. The lowest BCUT2D eigenvalue weighted by Crippen LogP contribution is -2.31. The molecule has 0 aliphatic rings. The Morgan fingerprint density at radius 2 is 1.73 bits per heavy atom. The van der Waals surface area contributed by atoms with Gasteiger partial charge in [0, 0.05) is 20.0 Å². The van der Waals surface area contributed by atoms with E-state index in [0.717, 1.165) is 6.92 Å². The van der Waals surface area contributed by atoms with Crippen LogP contribution in [-0.4, -0.2) is 23.9 Å². The minimum atomic E-state index is -2.79. The molecule has 0 rings (SSSR count). The standard InChI is InChI=1S/C8H15F2N/c1-5-11(6-2)7(3)8(4,9)10/h3,5-6H2,1-2,4H3. The summed E-state index contributed by atoms with van der Waals surface area (Å²) in [4.78, 5) is 1.56. The Balaban J connectivity index is 4.22. The largest absolute Gasteiger partial charge is 0.371 e. The van der Waals surface area contributed by atoms with E-state index in [9.17, 15) is 8.78 Å². The summed E-state index contributed by atoms with van der Waals surface area (Å²) in [5.74, 6) is -2.79. The van der Waals surface area contributed by atoms with E-state index in [4.69, 9.17) is 0 Å². The maximum absolute atomic E-state index is 12.6. The molecular weight excluding hydrogens is 148 g/mol. The second-order valence-corrected chi connectivity index (χ2v) is 2.51. The van der Waals surface area contributed by atoms with Gasteiger partial charge in [-0.3, -0.25) is 0 Å². The van der Waals surface area contributed by atoms with Gasteiger partial charge >= 0.3 is 0 Å². The first-order valence-electron chi connectivity index (χ1n) is 3.75. The monoisotopic (exact) mass is 163 g/mol. The van der Waals surface area contributed by atoms with E-state index < -0.39 is 5.92 Å². The summed E-state index contributed by atoms with van der Waals surface area (Å²) in [6.45, 7) is 9.04. The topological polar surface area (TPSA) is 3.24 Å². The number of hydrogen-bond donors (Lipinski definition) is 0. The van der Waals surface area contributed by atoms with E-state index in [-0.39, 0.29) is 5.70 Å². The molecule has 0 radical (unpaired) electrons. The van der Waals surface area contributed by atoms with Crippen LogP contribution < -0.4 is 0 Å². The molecule has 0 fully saturated rings. The van der Waals surface area contributed by atoms with Crippen molar-refractivity contribution in [1.82, 2.24) is 4.90 Å². The fraction of sp³-hybridized carbons (Fsp3) is 0.750. The van der Waals surface area contributed by atoms with Crippen molar-refractivity contribution in [1.29, 1.82) is 0 Å². The highest BCUT2D eigenvalue weighted by Crippen LogP contribution is 2.23. The van der Waals surface area contributed by atoms with Crippen molar-refractivity contribution in [2.45, 2.75) is 26.7 Å². The maximum atomic E-state index is 12.6. The molecule has 0 aliphatic carbocycles. The number of alkyl halides is 2. The van der Waals surface area contributed by atoms with Crippen molar-refractivity contribution in [3.8, 4) is 0 Å². The summed E-state index contributed by atoms with van der Waals surface area (Å²) in [6.07, 6.45) is 0. The van der Waals surface area contributed by atoms with Crippen LogP contribution in [-0.2, 0) is 0 Å². The van der Waals surface area contributed by atoms with E-state index >= 15 is 0 Å². The van der Waals surface area contributed by atoms with Crippen molar-refractivity contribution < 1.29 is 8.78 Å². The highest BCUT2D eigenvalue weighted by molar-refractivity contribution is 5.03. The third kappa shape index (κ3) is 2.87. The van der Waals surface area contributed by atoms with Gasteiger partial charge in [-0.1, -0.05) is 6.58 Å². The highest BCUT2D eigenvalue weighted by atomic mass is 19.3. The van der Waals surface area contributed by atoms with Gasteiger partial charge in [-0.2, -0.15) is 0 Å². The molecule has 0 saturated heterocycles. The van der Waals surface area contributed by atoms with Crippen LogP contribution in [0.3, 0.4) is 0 Å². The number of nitrogens with zero attached hydrogens (tertiary/aromatic N) is 1. The first-order valence-corrected chi connectivity index (χ1v) is 3.75. The number of hydrogen-bond acceptors (Lipinski definition) is 1. The molecule has 0 aromatic carbocycles. The fourth-order valence-corrected chi connectivity index (χ4v) is 0.883. The number of rotatable bonds is 4. The Hall–Kier alpha value is -0.600. The molecule has 0 N–H and O–H groups in total. The summed E-state index contributed by atoms with van der Waals surface area (Å²) >= 11 is 0. The molecule has 11 heavy (non-hydrogen) atoms. The molecule has 0 aromatic heterocycles. The van der Waals surface area contributed by atoms with Crippen LogP contribution in [0.5, 0.6) is 0 Å². The zero-order valence-electron chi connectivity index (χ0n) is 7.32. The smallest absolute Gasteiger partial charge is 0.284 e. The summed E-state index contributed by atoms with van der Waals surface area (Å²) in [5, 5.41) is 0. The Bertz CT molecular complexity index is 134. The normalized spacial score (nSPS) is 11.4. The molecule has 0 bridgehead atoms. The minimum absolute atomic E-state index is 0.0949. The zero-order chi connectivity index (χ0) is 9.07. The molecule has 0 aromatic rings. The van der Waals surface area contributed by atoms with Gasteiger partial charge in [0.25, 0.3) is 5.92 Å². The summed E-state index contributed by atoms with van der Waals surface area (Å²) in [6, 6.07) is 0. The van der Waals surface area contributed by atoms with Gasteiger partial charge in [-0.15, -0.1) is 0 Å². The van der Waals surface area contributed by atoms with Gasteiger partial charge in [0.05, 0.1) is 5.70 Å². The SMILES string of the molecule is C=C(N(CC)CC)C(C)(F)F. The third-order valence-corrected chi connectivity index (χ3v) is 1.65. The lowest BCUT2D eigenvalue weighted by atomic mass is 10.2. The average molecular weight is 163 g/mol. The summed E-state index contributed by atoms with van der Waals surface area (Å²) < 4.78 is 25.2. The maximum Gasteiger partial charge on any atom is 0.284 e. The van der Waals surface area contributed by atoms with Crippen molar-refractivity contribution in [3.05, 3.63) is 12.3 Å². The van der Waals surface area contributed by atoms with Crippen molar-refractivity contribution >= 4 is 0 Å². The first-order chi connectivity index (χ1) is 4.93. The van der Waals surface area contributed by atoms with Crippen LogP contribution in [0, 0.1) is 0 Å².